The average Bonchev–Trinajstić information content (AvgIpc) is 3.59. The molecule has 13 nitrogen and oxygen atoms in total. The number of nitrogens with zero attached hydrogens (tertiary/aromatic N) is 4. The molecule has 3 fully saturated rings. The lowest BCUT2D eigenvalue weighted by Crippen LogP contribution is -2.70. The van der Waals surface area contributed by atoms with E-state index in [4.69, 9.17) is 4.42 Å². The second-order valence-electron chi connectivity index (χ2n) is 9.72. The number of imide groups is 1. The van der Waals surface area contributed by atoms with E-state index in [0.717, 1.165) is 9.91 Å². The number of hydrogen-bond acceptors (Lipinski definition) is 8. The van der Waals surface area contributed by atoms with Gasteiger partial charge in [0.05, 0.1) is 32.0 Å². The van der Waals surface area contributed by atoms with Gasteiger partial charge in [-0.25, -0.2) is 24.3 Å². The maximum absolute atomic E-state index is 12.9. The largest absolute Gasteiger partial charge is 0.480 e. The molecule has 5 rings (SSSR count). The lowest BCUT2D eigenvalue weighted by Gasteiger charge is -2.43. The third-order valence-electron chi connectivity index (χ3n) is 6.70. The molecule has 3 aliphatic heterocycles. The van der Waals surface area contributed by atoms with E-state index in [9.17, 15) is 29.1 Å². The third-order valence-corrected chi connectivity index (χ3v) is 8.27. The van der Waals surface area contributed by atoms with Gasteiger partial charge in [0.2, 0.25) is 11.8 Å². The molecule has 2 aromatic rings. The summed E-state index contributed by atoms with van der Waals surface area (Å²) in [5.74, 6) is -1.51. The number of carboxylic acid groups (broad SMARTS) is 1. The number of benzene rings is 1. The Hall–Kier alpha value is -4.33. The van der Waals surface area contributed by atoms with Gasteiger partial charge in [-0.1, -0.05) is 18.2 Å². The summed E-state index contributed by atoms with van der Waals surface area (Å²) in [5.41, 5.74) is 0.820. The minimum Gasteiger partial charge on any atom is -0.480 e. The van der Waals surface area contributed by atoms with Gasteiger partial charge in [0, 0.05) is 10.4 Å². The summed E-state index contributed by atoms with van der Waals surface area (Å²) in [6.45, 7) is 3.85. The van der Waals surface area contributed by atoms with Crippen LogP contribution in [0.2, 0.25) is 0 Å². The molecule has 0 aliphatic carbocycles. The van der Waals surface area contributed by atoms with Gasteiger partial charge in [0.25, 0.3) is 0 Å². The highest BCUT2D eigenvalue weighted by atomic mass is 32.2. The number of thioether (sulfide) groups is 1. The molecule has 3 saturated heterocycles. The van der Waals surface area contributed by atoms with Crippen LogP contribution >= 0.6 is 11.8 Å². The molecule has 3 aliphatic rings. The number of hydrogen-bond donors (Lipinski definition) is 3. The molecule has 1 aromatic heterocycles. The number of hydrazone groups is 1. The number of amides is 6. The zero-order valence-electron chi connectivity index (χ0n) is 21.1. The predicted molar refractivity (Wildman–Crippen MR) is 140 cm³/mol. The van der Waals surface area contributed by atoms with E-state index in [1.54, 1.807) is 50.2 Å². The second-order valence-corrected chi connectivity index (χ2v) is 11.5. The van der Waals surface area contributed by atoms with Gasteiger partial charge in [0.15, 0.2) is 0 Å². The molecule has 14 heteroatoms. The first-order valence-electron chi connectivity index (χ1n) is 12.1. The fraction of sp³-hybridized carbons (Fsp3) is 0.360. The molecule has 4 heterocycles. The van der Waals surface area contributed by atoms with Gasteiger partial charge < -0.3 is 25.1 Å². The molecule has 3 atom stereocenters. The van der Waals surface area contributed by atoms with E-state index in [2.05, 4.69) is 15.7 Å². The van der Waals surface area contributed by atoms with Gasteiger partial charge in [-0.3, -0.25) is 9.59 Å². The van der Waals surface area contributed by atoms with E-state index in [1.807, 2.05) is 0 Å². The van der Waals surface area contributed by atoms with Crippen molar-refractivity contribution < 1.29 is 33.5 Å². The summed E-state index contributed by atoms with van der Waals surface area (Å²) in [6, 6.07) is 6.94. The van der Waals surface area contributed by atoms with Crippen molar-refractivity contribution in [2.45, 2.75) is 42.5 Å². The Morgan fingerprint density at radius 1 is 1.18 bits per heavy atom. The monoisotopic (exact) mass is 554 g/mol. The van der Waals surface area contributed by atoms with Crippen molar-refractivity contribution >= 4 is 53.5 Å². The lowest BCUT2D eigenvalue weighted by molar-refractivity contribution is -0.161. The molecular weight excluding hydrogens is 528 g/mol. The van der Waals surface area contributed by atoms with Gasteiger partial charge in [-0.05, 0) is 37.6 Å². The van der Waals surface area contributed by atoms with Crippen molar-refractivity contribution in [2.24, 2.45) is 5.10 Å². The minimum absolute atomic E-state index is 0.121. The first-order valence-corrected chi connectivity index (χ1v) is 13.0. The van der Waals surface area contributed by atoms with Gasteiger partial charge in [-0.2, -0.15) is 5.10 Å². The molecule has 1 unspecified atom stereocenters. The smallest absolute Gasteiger partial charge is 0.348 e. The molecule has 6 amide bonds. The van der Waals surface area contributed by atoms with Crippen LogP contribution in [0.4, 0.5) is 15.3 Å². The quantitative estimate of drug-likeness (QED) is 0.344. The molecule has 39 heavy (non-hydrogen) atoms. The van der Waals surface area contributed by atoms with E-state index in [1.165, 1.54) is 29.1 Å². The summed E-state index contributed by atoms with van der Waals surface area (Å²) >= 11 is 1.34. The van der Waals surface area contributed by atoms with Crippen molar-refractivity contribution in [2.75, 3.05) is 18.4 Å². The Morgan fingerprint density at radius 3 is 2.67 bits per heavy atom. The number of β-lactam (4-membered cyclic amide) rings is 1. The summed E-state index contributed by atoms with van der Waals surface area (Å²) in [5, 5.41) is 19.7. The summed E-state index contributed by atoms with van der Waals surface area (Å²) in [7, 11) is 0. The molecule has 0 radical (unpaired) electrons. The van der Waals surface area contributed by atoms with Crippen molar-refractivity contribution in [3.8, 4) is 0 Å². The Morgan fingerprint density at radius 2 is 1.95 bits per heavy atom. The van der Waals surface area contributed by atoms with E-state index < -0.39 is 52.1 Å². The van der Waals surface area contributed by atoms with Crippen LogP contribution in [0.15, 0.2) is 52.2 Å². The number of carboxylic acids is 1. The van der Waals surface area contributed by atoms with Crippen LogP contribution in [0.3, 0.4) is 0 Å². The third kappa shape index (κ3) is 4.94. The standard InChI is InChI=1S/C25H26N6O7S/c1-25(2)19(22(34)35)31-20(33)18(21(31)39-25)28-17(32)12-14-6-3-4-8-16(14)27-23(36)29-9-10-30(24(29)37)26-13-15-7-5-11-38-15/h3-8,11,13,18-19,21H,9-10,12H2,1-2H3,(H,27,36)(H,28,32)(H,34,35)/b26-13+/t18?,19-,21+/m0/s1. The molecule has 0 spiro atoms. The van der Waals surface area contributed by atoms with Gasteiger partial charge in [0.1, 0.15) is 23.2 Å². The van der Waals surface area contributed by atoms with Crippen molar-refractivity contribution in [3.05, 3.63) is 54.0 Å². The number of nitrogens with one attached hydrogen (secondary N) is 2. The van der Waals surface area contributed by atoms with E-state index in [0.29, 0.717) is 17.0 Å². The van der Waals surface area contributed by atoms with Crippen LogP contribution in [-0.2, 0) is 20.8 Å². The average molecular weight is 555 g/mol. The zero-order chi connectivity index (χ0) is 27.9. The van der Waals surface area contributed by atoms with Crippen molar-refractivity contribution in [3.63, 3.8) is 0 Å². The number of fused-ring (bicyclic) bond motifs is 1. The number of urea groups is 2. The Bertz CT molecular complexity index is 1360. The lowest BCUT2D eigenvalue weighted by atomic mass is 9.96. The number of anilines is 1. The molecule has 1 aromatic carbocycles. The first kappa shape index (κ1) is 26.3. The fourth-order valence-corrected chi connectivity index (χ4v) is 6.46. The first-order chi connectivity index (χ1) is 18.6. The molecule has 0 saturated carbocycles. The summed E-state index contributed by atoms with van der Waals surface area (Å²) in [6.07, 6.45) is 2.72. The number of para-hydroxylation sites is 1. The van der Waals surface area contributed by atoms with Crippen LogP contribution in [-0.4, -0.2) is 91.3 Å². The maximum atomic E-state index is 12.9. The molecule has 0 bridgehead atoms. The minimum atomic E-state index is -1.08. The van der Waals surface area contributed by atoms with Crippen LogP contribution < -0.4 is 10.6 Å². The Balaban J connectivity index is 1.19. The highest BCUT2D eigenvalue weighted by Gasteiger charge is 2.64. The number of aliphatic carboxylic acids is 1. The molecule has 204 valence electrons. The number of carbonyl (C=O) groups excluding carboxylic acids is 4. The van der Waals surface area contributed by atoms with Gasteiger partial charge >= 0.3 is 18.0 Å². The van der Waals surface area contributed by atoms with Crippen molar-refractivity contribution in [1.29, 1.82) is 0 Å². The summed E-state index contributed by atoms with van der Waals surface area (Å²) in [4.78, 5) is 65.1. The number of furan rings is 1. The topological polar surface area (TPSA) is 165 Å². The SMILES string of the molecule is CC1(C)S[C@@H]2C(NC(=O)Cc3ccccc3NC(=O)N3CCN(/N=C/c4ccco4)C3=O)C(=O)N2[C@H]1C(=O)O. The molecule has 3 N–H and O–H groups in total. The van der Waals surface area contributed by atoms with E-state index >= 15 is 0 Å². The van der Waals surface area contributed by atoms with Crippen LogP contribution in [0, 0.1) is 0 Å². The zero-order valence-corrected chi connectivity index (χ0v) is 21.9. The van der Waals surface area contributed by atoms with Crippen molar-refractivity contribution in [1.82, 2.24) is 20.1 Å². The van der Waals surface area contributed by atoms with Crippen LogP contribution in [0.25, 0.3) is 0 Å². The maximum Gasteiger partial charge on any atom is 0.348 e. The normalized spacial score (nSPS) is 23.6. The molecular formula is C25H26N6O7S. The second kappa shape index (κ2) is 10.1. The highest BCUT2D eigenvalue weighted by Crippen LogP contribution is 2.50. The van der Waals surface area contributed by atoms with E-state index in [-0.39, 0.29) is 19.5 Å². The fourth-order valence-electron chi connectivity index (χ4n) is 4.83. The Kier molecular flexibility index (Phi) is 6.80. The Labute approximate surface area is 227 Å². The van der Waals surface area contributed by atoms with Crippen LogP contribution in [0.5, 0.6) is 0 Å². The number of rotatable bonds is 7. The van der Waals surface area contributed by atoms with Crippen LogP contribution in [0.1, 0.15) is 25.2 Å². The predicted octanol–water partition coefficient (Wildman–Crippen LogP) is 1.76. The summed E-state index contributed by atoms with van der Waals surface area (Å²) < 4.78 is 4.45. The number of carbonyl (C=O) groups is 5. The van der Waals surface area contributed by atoms with Gasteiger partial charge in [-0.15, -0.1) is 11.8 Å². The highest BCUT2D eigenvalue weighted by molar-refractivity contribution is 8.01.